The van der Waals surface area contributed by atoms with Gasteiger partial charge in [-0.2, -0.15) is 0 Å². The molecular weight excluding hydrogens is 167 g/mol. The summed E-state index contributed by atoms with van der Waals surface area (Å²) in [5, 5.41) is 1.15. The van der Waals surface area contributed by atoms with E-state index in [-0.39, 0.29) is 0 Å². The molecule has 0 aromatic carbocycles. The molecule has 1 aliphatic carbocycles. The molecule has 59 valence electrons. The van der Waals surface area contributed by atoms with Crippen molar-refractivity contribution in [3.8, 4) is 0 Å². The van der Waals surface area contributed by atoms with Crippen molar-refractivity contribution in [2.24, 2.45) is 0 Å². The molecule has 0 nitrogen and oxygen atoms in total. The van der Waals surface area contributed by atoms with Gasteiger partial charge in [-0.1, -0.05) is 0 Å². The second-order valence-corrected chi connectivity index (χ2v) is 4.70. The molecular formula is C9H13Ni. The molecule has 0 unspecified atom stereocenters. The monoisotopic (exact) mass is 179 g/mol. The van der Waals surface area contributed by atoms with Crippen molar-refractivity contribution >= 4 is 0 Å². The van der Waals surface area contributed by atoms with Gasteiger partial charge < -0.3 is 0 Å². The molecule has 10 heavy (non-hydrogen) atoms. The Labute approximate surface area is 67.0 Å². The zero-order valence-corrected chi connectivity index (χ0v) is 7.23. The summed E-state index contributed by atoms with van der Waals surface area (Å²) >= 11 is 0.309. The van der Waals surface area contributed by atoms with Crippen molar-refractivity contribution < 1.29 is 13.4 Å². The summed E-state index contributed by atoms with van der Waals surface area (Å²) in [4.78, 5) is 0. The first kappa shape index (κ1) is 7.82. The van der Waals surface area contributed by atoms with Crippen LogP contribution < -0.4 is 0 Å². The summed E-state index contributed by atoms with van der Waals surface area (Å²) in [6, 6.07) is 0. The normalized spacial score (nSPS) is 16.9. The Morgan fingerprint density at radius 1 is 1.80 bits per heavy atom. The van der Waals surface area contributed by atoms with Gasteiger partial charge in [-0.15, -0.1) is 0 Å². The van der Waals surface area contributed by atoms with E-state index in [0.29, 0.717) is 13.4 Å². The molecule has 0 amide bonds. The molecule has 0 saturated carbocycles. The Hall–Kier alpha value is -0.286. The fraction of sp³-hybridized carbons (Fsp3) is 0.333. The van der Waals surface area contributed by atoms with E-state index >= 15 is 0 Å². The van der Waals surface area contributed by atoms with Crippen LogP contribution in [0.3, 0.4) is 0 Å². The van der Waals surface area contributed by atoms with Gasteiger partial charge in [-0.25, -0.2) is 0 Å². The van der Waals surface area contributed by atoms with E-state index < -0.39 is 0 Å². The topological polar surface area (TPSA) is 0 Å². The molecule has 0 spiro atoms. The van der Waals surface area contributed by atoms with Gasteiger partial charge in [0.05, 0.1) is 0 Å². The molecule has 0 atom stereocenters. The standard InChI is InChI=1S/C5H5.C3H5.CH3.Ni/c1-2-4-5-3-1;1-3-2;;/h1-3H,4H2;3H,1-2H2;1H3;. The Morgan fingerprint density at radius 3 is 3.10 bits per heavy atom. The molecule has 1 rings (SSSR count). The number of allylic oxidation sites excluding steroid dienone is 5. The zero-order chi connectivity index (χ0) is 7.40. The molecule has 0 radical (unpaired) electrons. The molecule has 0 heterocycles. The van der Waals surface area contributed by atoms with Crippen molar-refractivity contribution in [3.05, 3.63) is 35.4 Å². The van der Waals surface area contributed by atoms with Crippen LogP contribution in [0.1, 0.15) is 6.42 Å². The SMILES string of the molecule is C=C[CH2][Ni]([CH3])[C]1=CC=CC1. The van der Waals surface area contributed by atoms with Gasteiger partial charge in [-0.3, -0.25) is 0 Å². The molecule has 1 aliphatic rings. The van der Waals surface area contributed by atoms with Crippen LogP contribution in [0.2, 0.25) is 11.3 Å². The maximum absolute atomic E-state index is 3.73. The minimum absolute atomic E-state index is 0.309. The van der Waals surface area contributed by atoms with E-state index in [0.717, 1.165) is 5.39 Å². The molecule has 0 saturated heterocycles. The average Bonchev–Trinajstić information content (AvgIpc) is 2.38. The summed E-state index contributed by atoms with van der Waals surface area (Å²) in [7, 11) is 0. The number of hydrogen-bond donors (Lipinski definition) is 0. The first-order valence-corrected chi connectivity index (χ1v) is 5.41. The van der Waals surface area contributed by atoms with E-state index in [1.54, 1.807) is 4.54 Å². The zero-order valence-electron chi connectivity index (χ0n) is 6.25. The Morgan fingerprint density at radius 2 is 2.60 bits per heavy atom. The summed E-state index contributed by atoms with van der Waals surface area (Å²) in [5.41, 5.74) is 0. The summed E-state index contributed by atoms with van der Waals surface area (Å²) < 4.78 is 1.58. The fourth-order valence-corrected chi connectivity index (χ4v) is 2.35. The van der Waals surface area contributed by atoms with Gasteiger partial charge in [-0.05, 0) is 0 Å². The average molecular weight is 180 g/mol. The van der Waals surface area contributed by atoms with Crippen LogP contribution in [0.4, 0.5) is 0 Å². The summed E-state index contributed by atoms with van der Waals surface area (Å²) in [5.74, 6) is 2.29. The van der Waals surface area contributed by atoms with E-state index in [4.69, 9.17) is 0 Å². The first-order valence-electron chi connectivity index (χ1n) is 3.23. The molecule has 0 fully saturated rings. The molecule has 0 aromatic rings. The van der Waals surface area contributed by atoms with E-state index in [9.17, 15) is 0 Å². The quantitative estimate of drug-likeness (QED) is 0.462. The van der Waals surface area contributed by atoms with Crippen molar-refractivity contribution in [2.75, 3.05) is 0 Å². The van der Waals surface area contributed by atoms with Gasteiger partial charge in [0.15, 0.2) is 0 Å². The molecule has 0 N–H and O–H groups in total. The third-order valence-corrected chi connectivity index (χ3v) is 3.67. The Bertz CT molecular complexity index is 177. The summed E-state index contributed by atoms with van der Waals surface area (Å²) in [6.07, 6.45) is 9.77. The molecule has 0 aliphatic heterocycles. The second kappa shape index (κ2) is 3.78. The molecule has 0 aromatic heterocycles. The third kappa shape index (κ3) is 1.85. The van der Waals surface area contributed by atoms with Crippen LogP contribution in [0, 0.1) is 0 Å². The predicted molar refractivity (Wildman–Crippen MR) is 42.7 cm³/mol. The van der Waals surface area contributed by atoms with Crippen LogP contribution in [-0.4, -0.2) is 0 Å². The van der Waals surface area contributed by atoms with Crippen molar-refractivity contribution in [1.29, 1.82) is 0 Å². The van der Waals surface area contributed by atoms with Crippen LogP contribution in [0.25, 0.3) is 0 Å². The van der Waals surface area contributed by atoms with Crippen LogP contribution in [-0.2, 0) is 13.4 Å². The predicted octanol–water partition coefficient (Wildman–Crippen LogP) is 3.10. The van der Waals surface area contributed by atoms with Gasteiger partial charge in [0.25, 0.3) is 0 Å². The van der Waals surface area contributed by atoms with Gasteiger partial charge in [0.2, 0.25) is 0 Å². The van der Waals surface area contributed by atoms with Gasteiger partial charge >= 0.3 is 66.5 Å². The number of rotatable bonds is 3. The second-order valence-electron chi connectivity index (χ2n) is 2.12. The van der Waals surface area contributed by atoms with Gasteiger partial charge in [0, 0.05) is 0 Å². The Balaban J connectivity index is 2.42. The van der Waals surface area contributed by atoms with Crippen LogP contribution in [0.5, 0.6) is 0 Å². The minimum atomic E-state index is 0.309. The van der Waals surface area contributed by atoms with Crippen molar-refractivity contribution in [1.82, 2.24) is 0 Å². The number of hydrogen-bond acceptors (Lipinski definition) is 0. The van der Waals surface area contributed by atoms with Gasteiger partial charge in [0.1, 0.15) is 0 Å². The van der Waals surface area contributed by atoms with Crippen LogP contribution in [0.15, 0.2) is 35.4 Å². The first-order chi connectivity index (χ1) is 4.84. The summed E-state index contributed by atoms with van der Waals surface area (Å²) in [6.45, 7) is 3.73. The fourth-order valence-electron chi connectivity index (χ4n) is 0.828. The van der Waals surface area contributed by atoms with Crippen molar-refractivity contribution in [3.63, 3.8) is 0 Å². The van der Waals surface area contributed by atoms with Crippen LogP contribution >= 0.6 is 0 Å². The molecule has 1 heteroatoms. The third-order valence-electron chi connectivity index (χ3n) is 1.33. The van der Waals surface area contributed by atoms with E-state index in [1.165, 1.54) is 6.42 Å². The molecule has 0 bridgehead atoms. The Kier molecular flexibility index (Phi) is 2.95. The van der Waals surface area contributed by atoms with E-state index in [2.05, 4.69) is 30.7 Å². The van der Waals surface area contributed by atoms with E-state index in [1.807, 2.05) is 6.08 Å². The van der Waals surface area contributed by atoms with Crippen molar-refractivity contribution in [2.45, 2.75) is 17.7 Å². The maximum atomic E-state index is 3.73.